The minimum Gasteiger partial charge on any atom is -0.493 e. The molecule has 0 unspecified atom stereocenters. The Kier molecular flexibility index (Phi) is 4.66. The number of methoxy groups -OCH3 is 1. The van der Waals surface area contributed by atoms with Gasteiger partial charge in [0, 0.05) is 20.1 Å². The summed E-state index contributed by atoms with van der Waals surface area (Å²) in [6.45, 7) is 2.59. The summed E-state index contributed by atoms with van der Waals surface area (Å²) in [5, 5.41) is 3.35. The Morgan fingerprint density at radius 2 is 1.83 bits per heavy atom. The lowest BCUT2D eigenvalue weighted by Crippen LogP contribution is -2.35. The van der Waals surface area contributed by atoms with Crippen LogP contribution in [0.15, 0.2) is 53.5 Å². The fourth-order valence-electron chi connectivity index (χ4n) is 2.41. The summed E-state index contributed by atoms with van der Waals surface area (Å²) in [6, 6.07) is 15.6. The minimum atomic E-state index is 0.711. The van der Waals surface area contributed by atoms with Crippen LogP contribution in [-0.4, -0.2) is 38.1 Å². The number of hydrogen-bond acceptors (Lipinski definition) is 5. The van der Waals surface area contributed by atoms with E-state index in [2.05, 4.69) is 15.2 Å². The Labute approximate surface area is 136 Å². The third kappa shape index (κ3) is 3.74. The first-order valence-corrected chi connectivity index (χ1v) is 7.65. The van der Waals surface area contributed by atoms with Crippen molar-refractivity contribution >= 4 is 5.96 Å². The summed E-state index contributed by atoms with van der Waals surface area (Å²) in [5.74, 6) is 3.18. The molecule has 0 amide bonds. The first kappa shape index (κ1) is 15.2. The molecule has 0 aromatic heterocycles. The van der Waals surface area contributed by atoms with Gasteiger partial charge in [0.05, 0.1) is 13.7 Å². The molecule has 0 bridgehead atoms. The number of aliphatic imine (C=N–C) groups is 1. The molecule has 1 heterocycles. The topological polar surface area (TPSA) is 46.1 Å². The molecule has 5 heteroatoms. The highest BCUT2D eigenvalue weighted by Gasteiger charge is 2.11. The fourth-order valence-corrected chi connectivity index (χ4v) is 2.41. The molecule has 0 radical (unpaired) electrons. The highest BCUT2D eigenvalue weighted by molar-refractivity contribution is 5.81. The van der Waals surface area contributed by atoms with E-state index in [1.54, 1.807) is 7.11 Å². The van der Waals surface area contributed by atoms with E-state index in [0.29, 0.717) is 5.75 Å². The number of rotatable bonds is 5. The number of likely N-dealkylation sites (N-methyl/N-ethyl adjacent to an activating group) is 1. The van der Waals surface area contributed by atoms with Crippen LogP contribution in [0.25, 0.3) is 0 Å². The average molecular weight is 311 g/mol. The maximum atomic E-state index is 5.87. The van der Waals surface area contributed by atoms with Crippen molar-refractivity contribution in [1.82, 2.24) is 10.2 Å². The van der Waals surface area contributed by atoms with Crippen molar-refractivity contribution < 1.29 is 9.47 Å². The van der Waals surface area contributed by atoms with Crippen LogP contribution in [0.3, 0.4) is 0 Å². The van der Waals surface area contributed by atoms with E-state index >= 15 is 0 Å². The Hall–Kier alpha value is -2.69. The number of hydrogen-bond donors (Lipinski definition) is 1. The van der Waals surface area contributed by atoms with Crippen LogP contribution in [0, 0.1) is 0 Å². The van der Waals surface area contributed by atoms with Gasteiger partial charge in [-0.05, 0) is 29.8 Å². The van der Waals surface area contributed by atoms with Crippen LogP contribution in [0.1, 0.15) is 5.56 Å². The maximum absolute atomic E-state index is 5.87. The Balaban J connectivity index is 1.61. The fraction of sp³-hybridized carbons (Fsp3) is 0.278. The van der Waals surface area contributed by atoms with Gasteiger partial charge < -0.3 is 19.7 Å². The lowest BCUT2D eigenvalue weighted by Gasteiger charge is -2.15. The van der Waals surface area contributed by atoms with Gasteiger partial charge in [-0.1, -0.05) is 24.3 Å². The smallest absolute Gasteiger partial charge is 0.194 e. The maximum Gasteiger partial charge on any atom is 0.194 e. The Bertz CT molecular complexity index is 683. The molecule has 0 saturated carbocycles. The molecule has 0 aliphatic carbocycles. The second kappa shape index (κ2) is 7.05. The summed E-state index contributed by atoms with van der Waals surface area (Å²) in [5.41, 5.74) is 1.18. The molecule has 0 atom stereocenters. The van der Waals surface area contributed by atoms with Crippen molar-refractivity contribution in [3.05, 3.63) is 54.1 Å². The SMILES string of the molecule is COc1ccccc1Oc1ccc(CNC2=NCCN2C)cc1. The molecular weight excluding hydrogens is 290 g/mol. The summed E-state index contributed by atoms with van der Waals surface area (Å²) >= 11 is 0. The van der Waals surface area contributed by atoms with E-state index in [4.69, 9.17) is 9.47 Å². The quantitative estimate of drug-likeness (QED) is 0.922. The first-order chi connectivity index (χ1) is 11.3. The van der Waals surface area contributed by atoms with Crippen LogP contribution >= 0.6 is 0 Å². The number of ether oxygens (including phenoxy) is 2. The zero-order valence-electron chi connectivity index (χ0n) is 13.5. The zero-order chi connectivity index (χ0) is 16.1. The lowest BCUT2D eigenvalue weighted by molar-refractivity contribution is 0.379. The van der Waals surface area contributed by atoms with E-state index in [9.17, 15) is 0 Å². The number of benzene rings is 2. The van der Waals surface area contributed by atoms with Crippen molar-refractivity contribution in [2.75, 3.05) is 27.2 Å². The number of guanidine groups is 1. The van der Waals surface area contributed by atoms with Gasteiger partial charge in [-0.15, -0.1) is 0 Å². The summed E-state index contributed by atoms with van der Waals surface area (Å²) in [4.78, 5) is 6.54. The van der Waals surface area contributed by atoms with Crippen LogP contribution in [0.5, 0.6) is 17.2 Å². The average Bonchev–Trinajstić information content (AvgIpc) is 3.00. The largest absolute Gasteiger partial charge is 0.493 e. The van der Waals surface area contributed by atoms with Gasteiger partial charge in [-0.2, -0.15) is 0 Å². The van der Waals surface area contributed by atoms with Crippen molar-refractivity contribution in [2.24, 2.45) is 4.99 Å². The highest BCUT2D eigenvalue weighted by Crippen LogP contribution is 2.30. The number of nitrogens with one attached hydrogen (secondary N) is 1. The predicted octanol–water partition coefficient (Wildman–Crippen LogP) is 2.88. The number of para-hydroxylation sites is 2. The highest BCUT2D eigenvalue weighted by atomic mass is 16.5. The van der Waals surface area contributed by atoms with E-state index < -0.39 is 0 Å². The lowest BCUT2D eigenvalue weighted by atomic mass is 10.2. The molecule has 2 aromatic carbocycles. The molecule has 23 heavy (non-hydrogen) atoms. The number of nitrogens with zero attached hydrogens (tertiary/aromatic N) is 2. The van der Waals surface area contributed by atoms with Gasteiger partial charge in [0.15, 0.2) is 17.5 Å². The monoisotopic (exact) mass is 311 g/mol. The van der Waals surface area contributed by atoms with Gasteiger partial charge >= 0.3 is 0 Å². The molecule has 5 nitrogen and oxygen atoms in total. The second-order valence-corrected chi connectivity index (χ2v) is 5.38. The molecule has 1 aliphatic heterocycles. The van der Waals surface area contributed by atoms with Gasteiger partial charge in [0.25, 0.3) is 0 Å². The minimum absolute atomic E-state index is 0.711. The van der Waals surface area contributed by atoms with Crippen LogP contribution in [0.4, 0.5) is 0 Å². The van der Waals surface area contributed by atoms with Crippen molar-refractivity contribution in [1.29, 1.82) is 0 Å². The third-order valence-electron chi connectivity index (χ3n) is 3.73. The Morgan fingerprint density at radius 1 is 1.09 bits per heavy atom. The van der Waals surface area contributed by atoms with Gasteiger partial charge in [0.1, 0.15) is 5.75 Å². The second-order valence-electron chi connectivity index (χ2n) is 5.38. The molecule has 0 spiro atoms. The molecule has 0 fully saturated rings. The summed E-state index contributed by atoms with van der Waals surface area (Å²) < 4.78 is 11.2. The molecule has 120 valence electrons. The Morgan fingerprint density at radius 3 is 2.48 bits per heavy atom. The van der Waals surface area contributed by atoms with Gasteiger partial charge in [-0.25, -0.2) is 0 Å². The molecule has 1 aliphatic rings. The van der Waals surface area contributed by atoms with E-state index in [0.717, 1.165) is 37.1 Å². The van der Waals surface area contributed by atoms with E-state index in [1.165, 1.54) is 5.56 Å². The molecule has 0 saturated heterocycles. The third-order valence-corrected chi connectivity index (χ3v) is 3.73. The van der Waals surface area contributed by atoms with Crippen molar-refractivity contribution in [3.63, 3.8) is 0 Å². The van der Waals surface area contributed by atoms with Crippen LogP contribution in [-0.2, 0) is 6.54 Å². The van der Waals surface area contributed by atoms with E-state index in [1.807, 2.05) is 55.6 Å². The standard InChI is InChI=1S/C18H21N3O2/c1-21-12-11-19-18(21)20-13-14-7-9-15(10-8-14)23-17-6-4-3-5-16(17)22-2/h3-10H,11-13H2,1-2H3,(H,19,20). The summed E-state index contributed by atoms with van der Waals surface area (Å²) in [7, 11) is 3.68. The van der Waals surface area contributed by atoms with Gasteiger partial charge in [-0.3, -0.25) is 4.99 Å². The zero-order valence-corrected chi connectivity index (χ0v) is 13.5. The normalized spacial score (nSPS) is 13.7. The predicted molar refractivity (Wildman–Crippen MR) is 91.3 cm³/mol. The van der Waals surface area contributed by atoms with Crippen molar-refractivity contribution in [3.8, 4) is 17.2 Å². The first-order valence-electron chi connectivity index (χ1n) is 7.65. The van der Waals surface area contributed by atoms with E-state index in [-0.39, 0.29) is 0 Å². The molecule has 3 rings (SSSR count). The van der Waals surface area contributed by atoms with Crippen molar-refractivity contribution in [2.45, 2.75) is 6.54 Å². The van der Waals surface area contributed by atoms with Crippen LogP contribution in [0.2, 0.25) is 0 Å². The van der Waals surface area contributed by atoms with Gasteiger partial charge in [0.2, 0.25) is 0 Å². The molecule has 2 aromatic rings. The summed E-state index contributed by atoms with van der Waals surface area (Å²) in [6.07, 6.45) is 0. The molecular formula is C18H21N3O2. The molecule has 1 N–H and O–H groups in total. The van der Waals surface area contributed by atoms with Crippen LogP contribution < -0.4 is 14.8 Å².